The van der Waals surface area contributed by atoms with Crippen molar-refractivity contribution in [1.82, 2.24) is 0 Å². The molecule has 6 nitrogen and oxygen atoms in total. The lowest BCUT2D eigenvalue weighted by Crippen LogP contribution is -2.30. The van der Waals surface area contributed by atoms with Crippen LogP contribution >= 0.6 is 0 Å². The van der Waals surface area contributed by atoms with Crippen LogP contribution in [0.1, 0.15) is 226 Å². The van der Waals surface area contributed by atoms with Crippen LogP contribution in [0.15, 0.2) is 122 Å². The molecule has 67 heavy (non-hydrogen) atoms. The molecule has 0 aromatic heterocycles. The Morgan fingerprint density at radius 2 is 0.567 bits per heavy atom. The summed E-state index contributed by atoms with van der Waals surface area (Å²) in [6.07, 6.45) is 74.8. The molecular weight excluding hydrogens is 829 g/mol. The largest absolute Gasteiger partial charge is 0.462 e. The maximum absolute atomic E-state index is 12.8. The van der Waals surface area contributed by atoms with Crippen LogP contribution in [0.25, 0.3) is 0 Å². The van der Waals surface area contributed by atoms with Gasteiger partial charge in [0, 0.05) is 19.3 Å². The van der Waals surface area contributed by atoms with Crippen molar-refractivity contribution in [1.29, 1.82) is 0 Å². The van der Waals surface area contributed by atoms with Crippen molar-refractivity contribution in [2.45, 2.75) is 232 Å². The second-order valence-corrected chi connectivity index (χ2v) is 17.4. The maximum atomic E-state index is 12.8. The number of esters is 3. The predicted molar refractivity (Wildman–Crippen MR) is 288 cm³/mol. The summed E-state index contributed by atoms with van der Waals surface area (Å²) in [6.45, 7) is 6.43. The van der Waals surface area contributed by atoms with Crippen LogP contribution in [-0.4, -0.2) is 37.2 Å². The summed E-state index contributed by atoms with van der Waals surface area (Å²) in [5, 5.41) is 0. The highest BCUT2D eigenvalue weighted by Crippen LogP contribution is 2.12. The highest BCUT2D eigenvalue weighted by molar-refractivity contribution is 5.71. The van der Waals surface area contributed by atoms with Gasteiger partial charge in [-0.25, -0.2) is 0 Å². The molecule has 0 N–H and O–H groups in total. The third-order valence-corrected chi connectivity index (χ3v) is 10.9. The van der Waals surface area contributed by atoms with Crippen LogP contribution in [0.3, 0.4) is 0 Å². The number of hydrogen-bond acceptors (Lipinski definition) is 6. The zero-order chi connectivity index (χ0) is 48.6. The minimum Gasteiger partial charge on any atom is -0.462 e. The molecule has 0 aliphatic rings. The molecule has 0 spiro atoms. The average Bonchev–Trinajstić information content (AvgIpc) is 3.33. The molecule has 0 amide bonds. The number of carbonyl (C=O) groups excluding carboxylic acids is 3. The van der Waals surface area contributed by atoms with Gasteiger partial charge in [-0.2, -0.15) is 0 Å². The fourth-order valence-corrected chi connectivity index (χ4v) is 6.81. The summed E-state index contributed by atoms with van der Waals surface area (Å²) in [4.78, 5) is 38.0. The third kappa shape index (κ3) is 52.6. The van der Waals surface area contributed by atoms with E-state index in [-0.39, 0.29) is 50.4 Å². The van der Waals surface area contributed by atoms with Crippen LogP contribution in [-0.2, 0) is 28.6 Å². The fraction of sp³-hybridized carbons (Fsp3) is 0.623. The molecule has 0 aliphatic carbocycles. The van der Waals surface area contributed by atoms with Crippen molar-refractivity contribution >= 4 is 17.9 Å². The SMILES string of the molecule is CCCCC/C=C\C/C=C\C/C=C\C/C=C\C/C=C\CCC(=O)OC[C@H](COC(=O)CCCC/C=C\C/C=C\C/C=C\CCCCC)OC(=O)CCCCCCC/C=C\C/C=C\CCCCC. The minimum atomic E-state index is -0.834. The van der Waals surface area contributed by atoms with Crippen LogP contribution in [0.2, 0.25) is 0 Å². The molecule has 0 unspecified atom stereocenters. The van der Waals surface area contributed by atoms with Gasteiger partial charge in [0.15, 0.2) is 6.10 Å². The number of rotatable bonds is 47. The van der Waals surface area contributed by atoms with Crippen molar-refractivity contribution in [3.05, 3.63) is 122 Å². The molecule has 0 aliphatic heterocycles. The molecule has 0 aromatic rings. The molecule has 0 rings (SSSR count). The number of hydrogen-bond donors (Lipinski definition) is 0. The Hall–Kier alpha value is -4.19. The summed E-state index contributed by atoms with van der Waals surface area (Å²) in [6, 6.07) is 0. The molecule has 0 heterocycles. The highest BCUT2D eigenvalue weighted by Gasteiger charge is 2.19. The Kier molecular flexibility index (Phi) is 51.0. The standard InChI is InChI=1S/C61H98O6/c1-4-7-10-13-16-19-22-25-28-29-30-31-34-36-39-42-45-48-51-54-60(63)66-57-58(67-61(64)55-52-49-46-43-40-37-33-27-24-21-18-15-12-9-6-3)56-65-59(62)53-50-47-44-41-38-35-32-26-23-20-17-14-11-8-5-2/h16-21,25-28,30-33,36,38-39,41,45,48,58H,4-15,22-24,29,34-35,37,40,42-44,46-47,49-57H2,1-3H3/b19-16-,20-17-,21-18-,28-25-,31-30-,32-26-,33-27-,39-36-,41-38-,48-45-/t58-/m0/s1. The van der Waals surface area contributed by atoms with Gasteiger partial charge in [-0.15, -0.1) is 0 Å². The van der Waals surface area contributed by atoms with E-state index < -0.39 is 6.10 Å². The smallest absolute Gasteiger partial charge is 0.306 e. The predicted octanol–water partition coefficient (Wildman–Crippen LogP) is 18.1. The first-order valence-corrected chi connectivity index (χ1v) is 27.0. The molecular formula is C61H98O6. The Bertz CT molecular complexity index is 1440. The number of allylic oxidation sites excluding steroid dienone is 20. The number of unbranched alkanes of at least 4 members (excludes halogenated alkanes) is 16. The van der Waals surface area contributed by atoms with E-state index in [9.17, 15) is 14.4 Å². The van der Waals surface area contributed by atoms with Gasteiger partial charge in [-0.3, -0.25) is 14.4 Å². The highest BCUT2D eigenvalue weighted by atomic mass is 16.6. The first-order valence-electron chi connectivity index (χ1n) is 27.0. The van der Waals surface area contributed by atoms with Crippen molar-refractivity contribution in [2.75, 3.05) is 13.2 Å². The van der Waals surface area contributed by atoms with Gasteiger partial charge in [0.05, 0.1) is 0 Å². The van der Waals surface area contributed by atoms with E-state index in [1.165, 1.54) is 77.0 Å². The zero-order valence-electron chi connectivity index (χ0n) is 43.1. The second kappa shape index (κ2) is 54.4. The summed E-state index contributed by atoms with van der Waals surface area (Å²) in [7, 11) is 0. The normalized spacial score (nSPS) is 13.1. The van der Waals surface area contributed by atoms with E-state index in [1.807, 2.05) is 12.2 Å². The lowest BCUT2D eigenvalue weighted by molar-refractivity contribution is -0.166. The van der Waals surface area contributed by atoms with E-state index >= 15 is 0 Å². The van der Waals surface area contributed by atoms with Gasteiger partial charge >= 0.3 is 17.9 Å². The first kappa shape index (κ1) is 62.8. The van der Waals surface area contributed by atoms with Gasteiger partial charge < -0.3 is 14.2 Å². The van der Waals surface area contributed by atoms with E-state index in [0.29, 0.717) is 12.8 Å². The summed E-state index contributed by atoms with van der Waals surface area (Å²) in [5.74, 6) is -1.07. The monoisotopic (exact) mass is 927 g/mol. The molecule has 378 valence electrons. The van der Waals surface area contributed by atoms with Crippen molar-refractivity contribution < 1.29 is 28.6 Å². The third-order valence-electron chi connectivity index (χ3n) is 10.9. The van der Waals surface area contributed by atoms with Crippen molar-refractivity contribution in [3.8, 4) is 0 Å². The van der Waals surface area contributed by atoms with Gasteiger partial charge in [-0.1, -0.05) is 200 Å². The molecule has 0 aromatic carbocycles. The van der Waals surface area contributed by atoms with Crippen molar-refractivity contribution in [2.24, 2.45) is 0 Å². The van der Waals surface area contributed by atoms with Crippen LogP contribution in [0.5, 0.6) is 0 Å². The minimum absolute atomic E-state index is 0.130. The summed E-state index contributed by atoms with van der Waals surface area (Å²) < 4.78 is 16.7. The Morgan fingerprint density at radius 1 is 0.299 bits per heavy atom. The van der Waals surface area contributed by atoms with Crippen LogP contribution in [0, 0.1) is 0 Å². The van der Waals surface area contributed by atoms with Gasteiger partial charge in [0.1, 0.15) is 13.2 Å². The lowest BCUT2D eigenvalue weighted by Gasteiger charge is -2.18. The van der Waals surface area contributed by atoms with E-state index in [4.69, 9.17) is 14.2 Å². The van der Waals surface area contributed by atoms with E-state index in [0.717, 1.165) is 96.3 Å². The topological polar surface area (TPSA) is 78.9 Å². The van der Waals surface area contributed by atoms with Crippen LogP contribution in [0.4, 0.5) is 0 Å². The van der Waals surface area contributed by atoms with Gasteiger partial charge in [-0.05, 0) is 128 Å². The first-order chi connectivity index (χ1) is 33.0. The van der Waals surface area contributed by atoms with E-state index in [2.05, 4.69) is 130 Å². The molecule has 0 saturated heterocycles. The fourth-order valence-electron chi connectivity index (χ4n) is 6.81. The Labute approximate surface area is 412 Å². The summed E-state index contributed by atoms with van der Waals surface area (Å²) >= 11 is 0. The molecule has 0 fully saturated rings. The quantitative estimate of drug-likeness (QED) is 0.0262. The molecule has 1 atom stereocenters. The van der Waals surface area contributed by atoms with Crippen LogP contribution < -0.4 is 0 Å². The summed E-state index contributed by atoms with van der Waals surface area (Å²) in [5.41, 5.74) is 0. The van der Waals surface area contributed by atoms with Gasteiger partial charge in [0.2, 0.25) is 0 Å². The second-order valence-electron chi connectivity index (χ2n) is 17.4. The Morgan fingerprint density at radius 3 is 0.955 bits per heavy atom. The van der Waals surface area contributed by atoms with Gasteiger partial charge in [0.25, 0.3) is 0 Å². The molecule has 6 heteroatoms. The van der Waals surface area contributed by atoms with E-state index in [1.54, 1.807) is 0 Å². The molecule has 0 radical (unpaired) electrons. The number of carbonyl (C=O) groups is 3. The maximum Gasteiger partial charge on any atom is 0.306 e. The molecule has 0 bridgehead atoms. The Balaban J connectivity index is 4.60. The zero-order valence-corrected chi connectivity index (χ0v) is 43.1. The van der Waals surface area contributed by atoms with Crippen molar-refractivity contribution in [3.63, 3.8) is 0 Å². The molecule has 0 saturated carbocycles. The average molecular weight is 927 g/mol. The number of ether oxygens (including phenoxy) is 3. The lowest BCUT2D eigenvalue weighted by atomic mass is 10.1.